The summed E-state index contributed by atoms with van der Waals surface area (Å²) < 4.78 is 6.01. The van der Waals surface area contributed by atoms with Crippen molar-refractivity contribution in [2.75, 3.05) is 16.8 Å². The summed E-state index contributed by atoms with van der Waals surface area (Å²) in [6.07, 6.45) is 1.73. The predicted octanol–water partition coefficient (Wildman–Crippen LogP) is 6.42. The normalized spacial score (nSPS) is 14.6. The zero-order chi connectivity index (χ0) is 23.4. The Morgan fingerprint density at radius 2 is 1.82 bits per heavy atom. The van der Waals surface area contributed by atoms with Crippen molar-refractivity contribution in [2.45, 2.75) is 0 Å². The third-order valence-corrected chi connectivity index (χ3v) is 6.58. The summed E-state index contributed by atoms with van der Waals surface area (Å²) in [6, 6.07) is 21.2. The molecule has 0 aromatic heterocycles. The maximum absolute atomic E-state index is 13.0. The molecule has 0 radical (unpaired) electrons. The number of nitrogens with zero attached hydrogens (tertiary/aromatic N) is 1. The van der Waals surface area contributed by atoms with Crippen LogP contribution in [-0.4, -0.2) is 22.7 Å². The third kappa shape index (κ3) is 5.75. The van der Waals surface area contributed by atoms with E-state index >= 15 is 0 Å². The fourth-order valence-electron chi connectivity index (χ4n) is 3.03. The molecule has 0 atom stereocenters. The standard InChI is InChI=1S/C24H16Cl2N2O3S2/c25-19-10-9-17(13-20(19)26)28-23(30)21(33-24(28)32)12-15-5-4-8-18(11-15)31-14-22(29)27-16-6-2-1-3-7-16/h1-13H,14H2,(H,27,29)/b21-12-. The molecule has 1 saturated heterocycles. The Bertz CT molecular complexity index is 1270. The van der Waals surface area contributed by atoms with Crippen LogP contribution >= 0.6 is 47.2 Å². The van der Waals surface area contributed by atoms with Crippen LogP contribution in [0.15, 0.2) is 77.7 Å². The number of hydrogen-bond donors (Lipinski definition) is 1. The first-order valence-electron chi connectivity index (χ1n) is 9.71. The second-order valence-electron chi connectivity index (χ2n) is 6.89. The SMILES string of the molecule is O=C(COc1cccc(/C=C2\SC(=S)N(c3ccc(Cl)c(Cl)c3)C2=O)c1)Nc1ccccc1. The van der Waals surface area contributed by atoms with E-state index in [1.807, 2.05) is 24.3 Å². The molecule has 5 nitrogen and oxygen atoms in total. The van der Waals surface area contributed by atoms with Gasteiger partial charge in [-0.15, -0.1) is 0 Å². The molecule has 0 aliphatic carbocycles. The first-order valence-corrected chi connectivity index (χ1v) is 11.7. The molecule has 1 aliphatic heterocycles. The van der Waals surface area contributed by atoms with Crippen LogP contribution in [0, 0.1) is 0 Å². The summed E-state index contributed by atoms with van der Waals surface area (Å²) in [5, 5.41) is 3.50. The molecule has 9 heteroatoms. The van der Waals surface area contributed by atoms with Crippen LogP contribution < -0.4 is 15.0 Å². The monoisotopic (exact) mass is 514 g/mol. The highest BCUT2D eigenvalue weighted by atomic mass is 35.5. The molecule has 1 heterocycles. The molecule has 1 N–H and O–H groups in total. The van der Waals surface area contributed by atoms with Crippen LogP contribution in [-0.2, 0) is 9.59 Å². The highest BCUT2D eigenvalue weighted by Crippen LogP contribution is 2.38. The van der Waals surface area contributed by atoms with E-state index in [2.05, 4.69) is 5.32 Å². The van der Waals surface area contributed by atoms with E-state index in [0.29, 0.717) is 36.4 Å². The molecule has 0 saturated carbocycles. The van der Waals surface area contributed by atoms with Crippen LogP contribution in [0.2, 0.25) is 10.0 Å². The van der Waals surface area contributed by atoms with E-state index < -0.39 is 0 Å². The highest BCUT2D eigenvalue weighted by molar-refractivity contribution is 8.27. The summed E-state index contributed by atoms with van der Waals surface area (Å²) in [5.41, 5.74) is 1.99. The average Bonchev–Trinajstić information content (AvgIpc) is 3.08. The highest BCUT2D eigenvalue weighted by Gasteiger charge is 2.33. The number of nitrogens with one attached hydrogen (secondary N) is 1. The predicted molar refractivity (Wildman–Crippen MR) is 139 cm³/mol. The molecule has 33 heavy (non-hydrogen) atoms. The van der Waals surface area contributed by atoms with Crippen molar-refractivity contribution in [1.82, 2.24) is 0 Å². The summed E-state index contributed by atoms with van der Waals surface area (Å²) >= 11 is 18.7. The van der Waals surface area contributed by atoms with Gasteiger partial charge in [-0.05, 0) is 54.1 Å². The van der Waals surface area contributed by atoms with E-state index in [0.717, 1.165) is 5.56 Å². The summed E-state index contributed by atoms with van der Waals surface area (Å²) in [5.74, 6) is -0.0158. The number of benzene rings is 3. The Balaban J connectivity index is 1.44. The molecular formula is C24H16Cl2N2O3S2. The minimum Gasteiger partial charge on any atom is -0.484 e. The maximum Gasteiger partial charge on any atom is 0.270 e. The Morgan fingerprint density at radius 3 is 2.58 bits per heavy atom. The van der Waals surface area contributed by atoms with E-state index in [9.17, 15) is 9.59 Å². The fourth-order valence-corrected chi connectivity index (χ4v) is 4.62. The zero-order valence-electron chi connectivity index (χ0n) is 17.0. The van der Waals surface area contributed by atoms with Gasteiger partial charge in [0.2, 0.25) is 0 Å². The first-order chi connectivity index (χ1) is 15.9. The Hall–Kier alpha value is -2.84. The minimum absolute atomic E-state index is 0.141. The molecule has 2 amide bonds. The quantitative estimate of drug-likeness (QED) is 0.304. The zero-order valence-corrected chi connectivity index (χ0v) is 20.1. The van der Waals surface area contributed by atoms with Gasteiger partial charge < -0.3 is 10.1 Å². The molecular weight excluding hydrogens is 499 g/mol. The van der Waals surface area contributed by atoms with E-state index in [-0.39, 0.29) is 18.4 Å². The number of carbonyl (C=O) groups is 2. The number of thioether (sulfide) groups is 1. The van der Waals surface area contributed by atoms with Crippen LogP contribution in [0.3, 0.4) is 0 Å². The van der Waals surface area contributed by atoms with Crippen molar-refractivity contribution in [1.29, 1.82) is 0 Å². The number of rotatable bonds is 6. The lowest BCUT2D eigenvalue weighted by atomic mass is 10.2. The van der Waals surface area contributed by atoms with Crippen LogP contribution in [0.25, 0.3) is 6.08 Å². The Kier molecular flexibility index (Phi) is 7.35. The van der Waals surface area contributed by atoms with Crippen LogP contribution in [0.5, 0.6) is 5.75 Å². The van der Waals surface area contributed by atoms with Gasteiger partial charge in [0.1, 0.15) is 5.75 Å². The number of ether oxygens (including phenoxy) is 1. The van der Waals surface area contributed by atoms with E-state index in [1.165, 1.54) is 16.7 Å². The van der Waals surface area contributed by atoms with Crippen molar-refractivity contribution in [3.8, 4) is 5.75 Å². The molecule has 4 rings (SSSR count). The summed E-state index contributed by atoms with van der Waals surface area (Å²) in [7, 11) is 0. The van der Waals surface area contributed by atoms with Crippen molar-refractivity contribution in [2.24, 2.45) is 0 Å². The van der Waals surface area contributed by atoms with Gasteiger partial charge in [0.05, 0.1) is 20.6 Å². The number of anilines is 2. The lowest BCUT2D eigenvalue weighted by molar-refractivity contribution is -0.118. The first kappa shape index (κ1) is 23.3. The second-order valence-corrected chi connectivity index (χ2v) is 9.38. The summed E-state index contributed by atoms with van der Waals surface area (Å²) in [6.45, 7) is -0.141. The van der Waals surface area contributed by atoms with Gasteiger partial charge in [-0.25, -0.2) is 0 Å². The number of amides is 2. The third-order valence-electron chi connectivity index (χ3n) is 4.54. The van der Waals surface area contributed by atoms with Gasteiger partial charge in [0.15, 0.2) is 10.9 Å². The lowest BCUT2D eigenvalue weighted by Crippen LogP contribution is -2.27. The molecule has 1 aliphatic rings. The number of halogens is 2. The van der Waals surface area contributed by atoms with Gasteiger partial charge in [0, 0.05) is 5.69 Å². The average molecular weight is 515 g/mol. The Labute approximate surface area is 210 Å². The van der Waals surface area contributed by atoms with Crippen molar-refractivity contribution >= 4 is 80.8 Å². The molecule has 0 spiro atoms. The van der Waals surface area contributed by atoms with Gasteiger partial charge in [-0.3, -0.25) is 14.5 Å². The van der Waals surface area contributed by atoms with E-state index in [4.69, 9.17) is 40.2 Å². The van der Waals surface area contributed by atoms with Gasteiger partial charge in [-0.2, -0.15) is 0 Å². The lowest BCUT2D eigenvalue weighted by Gasteiger charge is -2.15. The van der Waals surface area contributed by atoms with Gasteiger partial charge >= 0.3 is 0 Å². The van der Waals surface area contributed by atoms with Crippen molar-refractivity contribution in [3.63, 3.8) is 0 Å². The largest absolute Gasteiger partial charge is 0.484 e. The number of thiocarbonyl (C=S) groups is 1. The smallest absolute Gasteiger partial charge is 0.270 e. The molecule has 166 valence electrons. The van der Waals surface area contributed by atoms with Crippen molar-refractivity contribution in [3.05, 3.63) is 93.3 Å². The van der Waals surface area contributed by atoms with Crippen LogP contribution in [0.4, 0.5) is 11.4 Å². The van der Waals surface area contributed by atoms with Crippen molar-refractivity contribution < 1.29 is 14.3 Å². The second kappa shape index (κ2) is 10.4. The van der Waals surface area contributed by atoms with Crippen LogP contribution in [0.1, 0.15) is 5.56 Å². The number of carbonyl (C=O) groups excluding carboxylic acids is 2. The molecule has 3 aromatic carbocycles. The topological polar surface area (TPSA) is 58.6 Å². The number of hydrogen-bond acceptors (Lipinski definition) is 5. The minimum atomic E-state index is -0.269. The molecule has 0 unspecified atom stereocenters. The van der Waals surface area contributed by atoms with Gasteiger partial charge in [0.25, 0.3) is 11.8 Å². The van der Waals surface area contributed by atoms with Gasteiger partial charge in [-0.1, -0.05) is 77.5 Å². The molecule has 3 aromatic rings. The number of para-hydroxylation sites is 1. The molecule has 0 bridgehead atoms. The summed E-state index contributed by atoms with van der Waals surface area (Å²) in [4.78, 5) is 27.0. The fraction of sp³-hybridized carbons (Fsp3) is 0.0417. The molecule has 1 fully saturated rings. The Morgan fingerprint density at radius 1 is 1.03 bits per heavy atom. The maximum atomic E-state index is 13.0. The van der Waals surface area contributed by atoms with E-state index in [1.54, 1.807) is 54.6 Å².